The Morgan fingerprint density at radius 1 is 1.10 bits per heavy atom. The third-order valence-corrected chi connectivity index (χ3v) is 4.80. The predicted molar refractivity (Wildman–Crippen MR) is 89.4 cm³/mol. The van der Waals surface area contributed by atoms with Crippen molar-refractivity contribution in [2.24, 2.45) is 5.92 Å². The van der Waals surface area contributed by atoms with Crippen LogP contribution >= 0.6 is 0 Å². The molecule has 1 aliphatic rings. The molecule has 108 valence electrons. The third-order valence-electron chi connectivity index (χ3n) is 4.80. The van der Waals surface area contributed by atoms with E-state index in [1.807, 2.05) is 0 Å². The molecule has 0 aliphatic carbocycles. The average Bonchev–Trinajstić information content (AvgIpc) is 2.44. The number of nitrogens with zero attached hydrogens (tertiary/aromatic N) is 1. The molecule has 1 aromatic rings. The largest absolute Gasteiger partial charge is 0.348 e. The van der Waals surface area contributed by atoms with E-state index in [2.05, 4.69) is 65.3 Å². The van der Waals surface area contributed by atoms with Gasteiger partial charge in [0, 0.05) is 24.0 Å². The fraction of sp³-hybridized carbons (Fsp3) is 0.474. The first-order chi connectivity index (χ1) is 9.42. The molecule has 1 aromatic carbocycles. The molecule has 0 aromatic heterocycles. The van der Waals surface area contributed by atoms with Gasteiger partial charge in [-0.25, -0.2) is 0 Å². The minimum absolute atomic E-state index is 0.585. The van der Waals surface area contributed by atoms with E-state index in [4.69, 9.17) is 0 Å². The second-order valence-electron chi connectivity index (χ2n) is 6.01. The highest BCUT2D eigenvalue weighted by Crippen LogP contribution is 2.43. The van der Waals surface area contributed by atoms with Crippen LogP contribution in [0.3, 0.4) is 0 Å². The topological polar surface area (TPSA) is 3.24 Å². The van der Waals surface area contributed by atoms with Crippen LogP contribution in [-0.4, -0.2) is 11.9 Å². The lowest BCUT2D eigenvalue weighted by molar-refractivity contribution is 0.553. The van der Waals surface area contributed by atoms with Crippen molar-refractivity contribution < 1.29 is 0 Å². The minimum Gasteiger partial charge on any atom is -0.348 e. The van der Waals surface area contributed by atoms with Gasteiger partial charge in [0.2, 0.25) is 0 Å². The van der Waals surface area contributed by atoms with Crippen LogP contribution in [0.15, 0.2) is 24.4 Å². The zero-order valence-electron chi connectivity index (χ0n) is 13.8. The second-order valence-corrected chi connectivity index (χ2v) is 6.01. The number of aryl methyl sites for hydroxylation is 2. The molecular formula is C19H27N. The Bertz CT molecular complexity index is 578. The van der Waals surface area contributed by atoms with E-state index in [1.54, 1.807) is 0 Å². The van der Waals surface area contributed by atoms with Gasteiger partial charge in [0.25, 0.3) is 0 Å². The lowest BCUT2D eigenvalue weighted by atomic mass is 9.81. The highest BCUT2D eigenvalue weighted by molar-refractivity contribution is 5.86. The Morgan fingerprint density at radius 3 is 2.15 bits per heavy atom. The van der Waals surface area contributed by atoms with Crippen LogP contribution in [0.2, 0.25) is 0 Å². The van der Waals surface area contributed by atoms with Crippen LogP contribution in [0.25, 0.3) is 11.3 Å². The molecule has 0 radical (unpaired) electrons. The molecule has 0 saturated heterocycles. The molecule has 1 aliphatic heterocycles. The molecule has 1 nitrogen and oxygen atoms in total. The second kappa shape index (κ2) is 5.47. The number of fused-ring (bicyclic) bond motifs is 1. The standard InChI is InChI=1S/C19H27N/c1-8-12(3)19-17-11-14(5)13(4)10-16(17)15(6)20(7)18(19)9-2/h10-12H,6,8-9H2,1-5,7H3. The van der Waals surface area contributed by atoms with Gasteiger partial charge in [-0.2, -0.15) is 0 Å². The molecule has 1 heteroatoms. The quantitative estimate of drug-likeness (QED) is 0.711. The summed E-state index contributed by atoms with van der Waals surface area (Å²) in [6.45, 7) is 15.6. The summed E-state index contributed by atoms with van der Waals surface area (Å²) in [6.07, 6.45) is 2.23. The van der Waals surface area contributed by atoms with Crippen molar-refractivity contribution in [1.29, 1.82) is 0 Å². The van der Waals surface area contributed by atoms with E-state index >= 15 is 0 Å². The fourth-order valence-corrected chi connectivity index (χ4v) is 3.14. The Balaban J connectivity index is 2.77. The van der Waals surface area contributed by atoms with Crippen molar-refractivity contribution >= 4 is 11.3 Å². The summed E-state index contributed by atoms with van der Waals surface area (Å²) >= 11 is 0. The number of hydrogen-bond donors (Lipinski definition) is 0. The minimum atomic E-state index is 0.585. The summed E-state index contributed by atoms with van der Waals surface area (Å²) in [6, 6.07) is 4.66. The number of allylic oxidation sites excluding steroid dienone is 2. The van der Waals surface area contributed by atoms with E-state index in [0.717, 1.165) is 12.1 Å². The molecule has 1 atom stereocenters. The maximum Gasteiger partial charge on any atom is 0.0412 e. The van der Waals surface area contributed by atoms with Crippen molar-refractivity contribution in [2.75, 3.05) is 7.05 Å². The van der Waals surface area contributed by atoms with Crippen LogP contribution in [-0.2, 0) is 0 Å². The van der Waals surface area contributed by atoms with Crippen molar-refractivity contribution in [3.05, 3.63) is 46.7 Å². The predicted octanol–water partition coefficient (Wildman–Crippen LogP) is 5.39. The van der Waals surface area contributed by atoms with Gasteiger partial charge in [0.1, 0.15) is 0 Å². The highest BCUT2D eigenvalue weighted by Gasteiger charge is 2.27. The summed E-state index contributed by atoms with van der Waals surface area (Å²) in [5, 5.41) is 0. The highest BCUT2D eigenvalue weighted by atomic mass is 15.1. The van der Waals surface area contributed by atoms with Crippen LogP contribution in [0, 0.1) is 19.8 Å². The third kappa shape index (κ3) is 2.19. The van der Waals surface area contributed by atoms with E-state index in [0.29, 0.717) is 5.92 Å². The van der Waals surface area contributed by atoms with Gasteiger partial charge in [-0.1, -0.05) is 33.4 Å². The van der Waals surface area contributed by atoms with Gasteiger partial charge in [-0.05, 0) is 60.9 Å². The summed E-state index contributed by atoms with van der Waals surface area (Å²) in [5.41, 5.74) is 9.51. The Morgan fingerprint density at radius 2 is 1.65 bits per heavy atom. The zero-order chi connectivity index (χ0) is 15.0. The Labute approximate surface area is 124 Å². The Hall–Kier alpha value is -1.50. The summed E-state index contributed by atoms with van der Waals surface area (Å²) < 4.78 is 0. The van der Waals surface area contributed by atoms with Gasteiger partial charge in [-0.3, -0.25) is 0 Å². The number of rotatable bonds is 3. The van der Waals surface area contributed by atoms with Crippen LogP contribution in [0.4, 0.5) is 0 Å². The lowest BCUT2D eigenvalue weighted by Gasteiger charge is -2.36. The van der Waals surface area contributed by atoms with Gasteiger partial charge in [0.05, 0.1) is 0 Å². The molecule has 0 spiro atoms. The monoisotopic (exact) mass is 269 g/mol. The maximum absolute atomic E-state index is 4.32. The van der Waals surface area contributed by atoms with E-state index < -0.39 is 0 Å². The molecule has 0 amide bonds. The van der Waals surface area contributed by atoms with Crippen LogP contribution in [0.5, 0.6) is 0 Å². The van der Waals surface area contributed by atoms with Crippen molar-refractivity contribution in [1.82, 2.24) is 4.90 Å². The molecule has 2 rings (SSSR count). The van der Waals surface area contributed by atoms with Gasteiger partial charge in [0.15, 0.2) is 0 Å². The molecule has 20 heavy (non-hydrogen) atoms. The molecule has 0 N–H and O–H groups in total. The first-order valence-electron chi connectivity index (χ1n) is 7.69. The van der Waals surface area contributed by atoms with Crippen molar-refractivity contribution in [3.63, 3.8) is 0 Å². The van der Waals surface area contributed by atoms with Crippen LogP contribution < -0.4 is 0 Å². The van der Waals surface area contributed by atoms with Crippen molar-refractivity contribution in [3.8, 4) is 0 Å². The number of benzene rings is 1. The average molecular weight is 269 g/mol. The molecule has 0 fully saturated rings. The molecule has 1 heterocycles. The van der Waals surface area contributed by atoms with E-state index in [1.165, 1.54) is 39.9 Å². The summed E-state index contributed by atoms with van der Waals surface area (Å²) in [7, 11) is 2.15. The van der Waals surface area contributed by atoms with Crippen LogP contribution in [0.1, 0.15) is 55.9 Å². The summed E-state index contributed by atoms with van der Waals surface area (Å²) in [5.74, 6) is 0.585. The van der Waals surface area contributed by atoms with Crippen molar-refractivity contribution in [2.45, 2.75) is 47.5 Å². The number of hydrogen-bond acceptors (Lipinski definition) is 1. The maximum atomic E-state index is 4.32. The molecule has 0 saturated carbocycles. The van der Waals surface area contributed by atoms with Gasteiger partial charge < -0.3 is 4.90 Å². The first kappa shape index (κ1) is 14.9. The Kier molecular flexibility index (Phi) is 4.08. The zero-order valence-corrected chi connectivity index (χ0v) is 13.8. The summed E-state index contributed by atoms with van der Waals surface area (Å²) in [4.78, 5) is 2.29. The smallest absolute Gasteiger partial charge is 0.0412 e. The van der Waals surface area contributed by atoms with E-state index in [-0.39, 0.29) is 0 Å². The molecule has 1 unspecified atom stereocenters. The normalized spacial score (nSPS) is 16.5. The van der Waals surface area contributed by atoms with E-state index in [9.17, 15) is 0 Å². The van der Waals surface area contributed by atoms with Gasteiger partial charge in [-0.15, -0.1) is 0 Å². The SMILES string of the molecule is C=C1c2cc(C)c(C)cc2C(C(C)CC)=C(CC)N1C. The van der Waals surface area contributed by atoms with Gasteiger partial charge >= 0.3 is 0 Å². The first-order valence-corrected chi connectivity index (χ1v) is 7.69. The molecular weight excluding hydrogens is 242 g/mol. The fourth-order valence-electron chi connectivity index (χ4n) is 3.14. The molecule has 0 bridgehead atoms. The lowest BCUT2D eigenvalue weighted by Crippen LogP contribution is -2.24.